The van der Waals surface area contributed by atoms with E-state index in [4.69, 9.17) is 4.74 Å². The molecule has 2 aromatic carbocycles. The number of aryl methyl sites for hydroxylation is 1. The first-order valence-electron chi connectivity index (χ1n) is 11.6. The van der Waals surface area contributed by atoms with E-state index in [1.165, 1.54) is 4.90 Å². The predicted molar refractivity (Wildman–Crippen MR) is 132 cm³/mol. The molecule has 0 atom stereocenters. The van der Waals surface area contributed by atoms with Gasteiger partial charge in [0.1, 0.15) is 5.75 Å². The highest BCUT2D eigenvalue weighted by molar-refractivity contribution is 5.97. The van der Waals surface area contributed by atoms with Crippen molar-refractivity contribution in [3.63, 3.8) is 0 Å². The van der Waals surface area contributed by atoms with Gasteiger partial charge in [0.2, 0.25) is 11.8 Å². The van der Waals surface area contributed by atoms with Gasteiger partial charge in [0.05, 0.1) is 13.7 Å². The molecule has 2 aromatic rings. The van der Waals surface area contributed by atoms with E-state index in [-0.39, 0.29) is 24.3 Å². The third-order valence-corrected chi connectivity index (χ3v) is 5.89. The molecule has 1 saturated heterocycles. The van der Waals surface area contributed by atoms with Crippen molar-refractivity contribution in [2.24, 2.45) is 0 Å². The molecule has 3 rings (SSSR count). The Bertz CT molecular complexity index is 991. The summed E-state index contributed by atoms with van der Waals surface area (Å²) in [6, 6.07) is 14.7. The van der Waals surface area contributed by atoms with Gasteiger partial charge in [0.25, 0.3) is 5.91 Å². The number of anilines is 1. The molecule has 1 aliphatic heterocycles. The molecule has 0 saturated carbocycles. The number of amides is 3. The maximum absolute atomic E-state index is 12.7. The zero-order chi connectivity index (χ0) is 24.5. The molecule has 8 nitrogen and oxygen atoms in total. The van der Waals surface area contributed by atoms with Gasteiger partial charge in [-0.3, -0.25) is 19.3 Å². The van der Waals surface area contributed by atoms with Gasteiger partial charge in [-0.05, 0) is 48.7 Å². The molecule has 0 spiro atoms. The van der Waals surface area contributed by atoms with Crippen molar-refractivity contribution in [2.45, 2.75) is 19.3 Å². The molecule has 182 valence electrons. The Morgan fingerprint density at radius 2 is 1.76 bits per heavy atom. The summed E-state index contributed by atoms with van der Waals surface area (Å²) in [6.45, 7) is 2.98. The van der Waals surface area contributed by atoms with Crippen LogP contribution in [0.2, 0.25) is 0 Å². The van der Waals surface area contributed by atoms with E-state index in [9.17, 15) is 14.4 Å². The van der Waals surface area contributed by atoms with Gasteiger partial charge in [0, 0.05) is 57.9 Å². The standard InChI is InChI=1S/C26H34N4O4/c1-28(2)26(33)21-6-4-7-22(18-21)27-24(31)19-29-14-5-15-30(17-16-29)25(32)13-10-20-8-11-23(34-3)12-9-20/h4,6-9,11-12,18H,5,10,13-17,19H2,1-3H3,(H,27,31). The van der Waals surface area contributed by atoms with Gasteiger partial charge in [0.15, 0.2) is 0 Å². The normalized spacial score (nSPS) is 14.3. The second kappa shape index (κ2) is 12.2. The van der Waals surface area contributed by atoms with E-state index >= 15 is 0 Å². The quantitative estimate of drug-likeness (QED) is 0.647. The summed E-state index contributed by atoms with van der Waals surface area (Å²) >= 11 is 0. The molecule has 0 aromatic heterocycles. The number of benzene rings is 2. The summed E-state index contributed by atoms with van der Waals surface area (Å²) in [4.78, 5) is 42.9. The van der Waals surface area contributed by atoms with Crippen molar-refractivity contribution in [3.8, 4) is 5.75 Å². The van der Waals surface area contributed by atoms with E-state index in [2.05, 4.69) is 10.2 Å². The Morgan fingerprint density at radius 1 is 1.00 bits per heavy atom. The Labute approximate surface area is 201 Å². The number of nitrogens with one attached hydrogen (secondary N) is 1. The van der Waals surface area contributed by atoms with E-state index in [1.807, 2.05) is 29.2 Å². The third kappa shape index (κ3) is 7.31. The van der Waals surface area contributed by atoms with Crippen molar-refractivity contribution in [3.05, 3.63) is 59.7 Å². The minimum Gasteiger partial charge on any atom is -0.497 e. The van der Waals surface area contributed by atoms with Crippen molar-refractivity contribution in [1.29, 1.82) is 0 Å². The summed E-state index contributed by atoms with van der Waals surface area (Å²) in [6.07, 6.45) is 1.99. The first kappa shape index (κ1) is 25.2. The van der Waals surface area contributed by atoms with Crippen LogP contribution in [0.1, 0.15) is 28.8 Å². The lowest BCUT2D eigenvalue weighted by molar-refractivity contribution is -0.131. The molecule has 0 aliphatic carbocycles. The first-order valence-corrected chi connectivity index (χ1v) is 11.6. The molecule has 3 amide bonds. The molecule has 1 aliphatic rings. The van der Waals surface area contributed by atoms with E-state index in [1.54, 1.807) is 45.5 Å². The number of carbonyl (C=O) groups excluding carboxylic acids is 3. The molecule has 1 N–H and O–H groups in total. The molecular weight excluding hydrogens is 432 g/mol. The monoisotopic (exact) mass is 466 g/mol. The van der Waals surface area contributed by atoms with Gasteiger partial charge in [-0.15, -0.1) is 0 Å². The summed E-state index contributed by atoms with van der Waals surface area (Å²) in [5.41, 5.74) is 2.24. The van der Waals surface area contributed by atoms with Gasteiger partial charge in [-0.1, -0.05) is 18.2 Å². The summed E-state index contributed by atoms with van der Waals surface area (Å²) in [7, 11) is 5.02. The van der Waals surface area contributed by atoms with Gasteiger partial charge < -0.3 is 19.9 Å². The van der Waals surface area contributed by atoms with Crippen molar-refractivity contribution in [1.82, 2.24) is 14.7 Å². The fourth-order valence-electron chi connectivity index (χ4n) is 3.97. The summed E-state index contributed by atoms with van der Waals surface area (Å²) in [5.74, 6) is 0.708. The van der Waals surface area contributed by atoms with Crippen molar-refractivity contribution in [2.75, 3.05) is 59.2 Å². The number of rotatable bonds is 8. The van der Waals surface area contributed by atoms with Gasteiger partial charge in [-0.25, -0.2) is 0 Å². The molecular formula is C26H34N4O4. The highest BCUT2D eigenvalue weighted by Gasteiger charge is 2.20. The molecule has 34 heavy (non-hydrogen) atoms. The number of ether oxygens (including phenoxy) is 1. The second-order valence-corrected chi connectivity index (χ2v) is 8.69. The zero-order valence-corrected chi connectivity index (χ0v) is 20.3. The molecule has 0 unspecified atom stereocenters. The van der Waals surface area contributed by atoms with E-state index in [0.29, 0.717) is 43.7 Å². The van der Waals surface area contributed by atoms with E-state index < -0.39 is 0 Å². The highest BCUT2D eigenvalue weighted by atomic mass is 16.5. The average molecular weight is 467 g/mol. The fraction of sp³-hybridized carbons (Fsp3) is 0.423. The SMILES string of the molecule is COc1ccc(CCC(=O)N2CCCN(CC(=O)Nc3cccc(C(=O)N(C)C)c3)CC2)cc1. The lowest BCUT2D eigenvalue weighted by atomic mass is 10.1. The molecule has 8 heteroatoms. The van der Waals surface area contributed by atoms with Crippen molar-refractivity contribution < 1.29 is 19.1 Å². The predicted octanol–water partition coefficient (Wildman–Crippen LogP) is 2.50. The Balaban J connectivity index is 1.45. The van der Waals surface area contributed by atoms with Crippen LogP contribution in [0.25, 0.3) is 0 Å². The van der Waals surface area contributed by atoms with Gasteiger partial charge in [-0.2, -0.15) is 0 Å². The molecule has 1 fully saturated rings. The average Bonchev–Trinajstić information content (AvgIpc) is 3.08. The van der Waals surface area contributed by atoms with Crippen LogP contribution in [-0.2, 0) is 16.0 Å². The smallest absolute Gasteiger partial charge is 0.253 e. The van der Waals surface area contributed by atoms with Crippen LogP contribution in [-0.4, -0.2) is 86.4 Å². The van der Waals surface area contributed by atoms with Crippen LogP contribution in [0.5, 0.6) is 5.75 Å². The maximum atomic E-state index is 12.7. The minimum absolute atomic E-state index is 0.111. The first-order chi connectivity index (χ1) is 16.4. The van der Waals surface area contributed by atoms with Crippen LogP contribution in [0, 0.1) is 0 Å². The number of hydrogen-bond donors (Lipinski definition) is 1. The van der Waals surface area contributed by atoms with Crippen LogP contribution in [0.15, 0.2) is 48.5 Å². The third-order valence-electron chi connectivity index (χ3n) is 5.89. The lowest BCUT2D eigenvalue weighted by Crippen LogP contribution is -2.38. The second-order valence-electron chi connectivity index (χ2n) is 8.69. The molecule has 0 radical (unpaired) electrons. The fourth-order valence-corrected chi connectivity index (χ4v) is 3.97. The molecule has 1 heterocycles. The van der Waals surface area contributed by atoms with Crippen molar-refractivity contribution >= 4 is 23.4 Å². The van der Waals surface area contributed by atoms with E-state index in [0.717, 1.165) is 24.3 Å². The Kier molecular flexibility index (Phi) is 9.04. The number of carbonyl (C=O) groups is 3. The maximum Gasteiger partial charge on any atom is 0.253 e. The van der Waals surface area contributed by atoms with Crippen LogP contribution in [0.4, 0.5) is 5.69 Å². The number of hydrogen-bond acceptors (Lipinski definition) is 5. The van der Waals surface area contributed by atoms with Crippen LogP contribution < -0.4 is 10.1 Å². The zero-order valence-electron chi connectivity index (χ0n) is 20.3. The van der Waals surface area contributed by atoms with Crippen LogP contribution in [0.3, 0.4) is 0 Å². The minimum atomic E-state index is -0.131. The highest BCUT2D eigenvalue weighted by Crippen LogP contribution is 2.15. The largest absolute Gasteiger partial charge is 0.497 e. The summed E-state index contributed by atoms with van der Waals surface area (Å²) in [5, 5.41) is 2.88. The van der Waals surface area contributed by atoms with Crippen LogP contribution >= 0.6 is 0 Å². The molecule has 0 bridgehead atoms. The number of methoxy groups -OCH3 is 1. The topological polar surface area (TPSA) is 82.2 Å². The van der Waals surface area contributed by atoms with Gasteiger partial charge >= 0.3 is 0 Å². The summed E-state index contributed by atoms with van der Waals surface area (Å²) < 4.78 is 5.17. The number of nitrogens with zero attached hydrogens (tertiary/aromatic N) is 3. The Hall–Kier alpha value is -3.39. The lowest BCUT2D eigenvalue weighted by Gasteiger charge is -2.22. The Morgan fingerprint density at radius 3 is 2.47 bits per heavy atom.